The Morgan fingerprint density at radius 1 is 0.846 bits per heavy atom. The monoisotopic (exact) mass is 351 g/mol. The number of anilines is 1. The van der Waals surface area contributed by atoms with Gasteiger partial charge >= 0.3 is 6.03 Å². The number of urea groups is 1. The number of carbonyl (C=O) groups excluding carboxylic acids is 2. The molecule has 5 nitrogen and oxygen atoms in total. The van der Waals surface area contributed by atoms with Crippen molar-refractivity contribution in [2.24, 2.45) is 0 Å². The van der Waals surface area contributed by atoms with Gasteiger partial charge in [0.1, 0.15) is 0 Å². The summed E-state index contributed by atoms with van der Waals surface area (Å²) in [5.41, 5.74) is 3.73. The third-order valence-electron chi connectivity index (χ3n) is 4.64. The predicted molar refractivity (Wildman–Crippen MR) is 103 cm³/mol. The van der Waals surface area contributed by atoms with Crippen molar-refractivity contribution in [2.75, 3.05) is 31.5 Å². The summed E-state index contributed by atoms with van der Waals surface area (Å²) in [7, 11) is 0. The van der Waals surface area contributed by atoms with Gasteiger partial charge < -0.3 is 15.1 Å². The van der Waals surface area contributed by atoms with Crippen LogP contribution in [0.3, 0.4) is 0 Å². The van der Waals surface area contributed by atoms with Gasteiger partial charge in [0, 0.05) is 37.4 Å². The van der Waals surface area contributed by atoms with Crippen molar-refractivity contribution >= 4 is 17.6 Å². The van der Waals surface area contributed by atoms with Crippen LogP contribution in [-0.2, 0) is 0 Å². The molecule has 0 radical (unpaired) electrons. The number of rotatable bonds is 2. The maximum atomic E-state index is 12.7. The van der Waals surface area contributed by atoms with Crippen LogP contribution in [-0.4, -0.2) is 47.9 Å². The molecule has 3 rings (SSSR count). The summed E-state index contributed by atoms with van der Waals surface area (Å²) in [5, 5.41) is 2.93. The number of nitrogens with zero attached hydrogens (tertiary/aromatic N) is 2. The van der Waals surface area contributed by atoms with Crippen molar-refractivity contribution < 1.29 is 9.59 Å². The quantitative estimate of drug-likeness (QED) is 0.897. The van der Waals surface area contributed by atoms with Crippen LogP contribution in [0.25, 0.3) is 0 Å². The van der Waals surface area contributed by atoms with Crippen molar-refractivity contribution in [3.05, 3.63) is 65.2 Å². The Morgan fingerprint density at radius 2 is 1.54 bits per heavy atom. The van der Waals surface area contributed by atoms with Gasteiger partial charge in [-0.25, -0.2) is 4.79 Å². The molecule has 0 aromatic heterocycles. The van der Waals surface area contributed by atoms with Gasteiger partial charge in [0.05, 0.1) is 0 Å². The van der Waals surface area contributed by atoms with Crippen LogP contribution < -0.4 is 5.32 Å². The highest BCUT2D eigenvalue weighted by Crippen LogP contribution is 2.13. The van der Waals surface area contributed by atoms with Gasteiger partial charge in [0.15, 0.2) is 0 Å². The van der Waals surface area contributed by atoms with Gasteiger partial charge in [-0.1, -0.05) is 35.4 Å². The number of nitrogens with one attached hydrogen (secondary N) is 1. The Kier molecular flexibility index (Phi) is 5.56. The minimum absolute atomic E-state index is 0.0366. The van der Waals surface area contributed by atoms with E-state index in [1.54, 1.807) is 4.90 Å². The molecule has 1 fully saturated rings. The second-order valence-corrected chi connectivity index (χ2v) is 6.80. The lowest BCUT2D eigenvalue weighted by Gasteiger charge is -2.22. The number of amides is 3. The summed E-state index contributed by atoms with van der Waals surface area (Å²) in [6.45, 7) is 6.40. The molecule has 1 aliphatic heterocycles. The lowest BCUT2D eigenvalue weighted by Crippen LogP contribution is -2.39. The van der Waals surface area contributed by atoms with E-state index >= 15 is 0 Å². The second kappa shape index (κ2) is 8.04. The Bertz CT molecular complexity index is 786. The molecule has 3 amide bonds. The molecule has 1 heterocycles. The normalized spacial score (nSPS) is 14.7. The van der Waals surface area contributed by atoms with E-state index in [0.29, 0.717) is 31.7 Å². The molecule has 136 valence electrons. The lowest BCUT2D eigenvalue weighted by molar-refractivity contribution is 0.0762. The fourth-order valence-corrected chi connectivity index (χ4v) is 3.12. The third-order valence-corrected chi connectivity index (χ3v) is 4.64. The average molecular weight is 351 g/mol. The maximum Gasteiger partial charge on any atom is 0.321 e. The standard InChI is InChI=1S/C21H25N3O2/c1-16-7-9-19(10-8-16)22-21(26)24-12-4-11-23(13-14-24)20(25)18-6-3-5-17(2)15-18/h3,5-10,15H,4,11-14H2,1-2H3,(H,22,26). The molecular weight excluding hydrogens is 326 g/mol. The molecule has 0 spiro atoms. The molecule has 0 saturated carbocycles. The van der Waals surface area contributed by atoms with Gasteiger partial charge in [-0.05, 0) is 44.5 Å². The van der Waals surface area contributed by atoms with Gasteiger partial charge in [-0.2, -0.15) is 0 Å². The molecule has 1 aliphatic rings. The first-order chi connectivity index (χ1) is 12.5. The molecule has 2 aromatic rings. The largest absolute Gasteiger partial charge is 0.337 e. The molecule has 0 bridgehead atoms. The Morgan fingerprint density at radius 3 is 2.27 bits per heavy atom. The highest BCUT2D eigenvalue weighted by molar-refractivity contribution is 5.94. The van der Waals surface area contributed by atoms with E-state index in [9.17, 15) is 9.59 Å². The van der Waals surface area contributed by atoms with Crippen LogP contribution in [0.1, 0.15) is 27.9 Å². The minimum atomic E-state index is -0.112. The number of benzene rings is 2. The first kappa shape index (κ1) is 18.0. The van der Waals surface area contributed by atoms with Crippen molar-refractivity contribution in [3.63, 3.8) is 0 Å². The molecule has 2 aromatic carbocycles. The molecule has 0 unspecified atom stereocenters. The van der Waals surface area contributed by atoms with Crippen molar-refractivity contribution in [1.82, 2.24) is 9.80 Å². The summed E-state index contributed by atoms with van der Waals surface area (Å²) >= 11 is 0. The number of hydrogen-bond donors (Lipinski definition) is 1. The van der Waals surface area contributed by atoms with Gasteiger partial charge in [-0.15, -0.1) is 0 Å². The van der Waals surface area contributed by atoms with E-state index < -0.39 is 0 Å². The fraction of sp³-hybridized carbons (Fsp3) is 0.333. The number of hydrogen-bond acceptors (Lipinski definition) is 2. The Balaban J connectivity index is 1.59. The van der Waals surface area contributed by atoms with Crippen LogP contribution in [0, 0.1) is 13.8 Å². The third kappa shape index (κ3) is 4.42. The summed E-state index contributed by atoms with van der Waals surface area (Å²) in [4.78, 5) is 28.8. The molecule has 26 heavy (non-hydrogen) atoms. The molecule has 5 heteroatoms. The first-order valence-electron chi connectivity index (χ1n) is 9.01. The SMILES string of the molecule is Cc1ccc(NC(=O)N2CCCN(C(=O)c3cccc(C)c3)CC2)cc1. The van der Waals surface area contributed by atoms with Crippen LogP contribution in [0.2, 0.25) is 0 Å². The van der Waals surface area contributed by atoms with Gasteiger partial charge in [0.25, 0.3) is 5.91 Å². The second-order valence-electron chi connectivity index (χ2n) is 6.80. The highest BCUT2D eigenvalue weighted by atomic mass is 16.2. The number of aryl methyl sites for hydroxylation is 2. The molecular formula is C21H25N3O2. The molecule has 1 saturated heterocycles. The molecule has 1 N–H and O–H groups in total. The van der Waals surface area contributed by atoms with E-state index in [1.807, 2.05) is 67.3 Å². The van der Waals surface area contributed by atoms with Crippen LogP contribution in [0.15, 0.2) is 48.5 Å². The van der Waals surface area contributed by atoms with Crippen LogP contribution >= 0.6 is 0 Å². The van der Waals surface area contributed by atoms with E-state index in [1.165, 1.54) is 0 Å². The van der Waals surface area contributed by atoms with E-state index in [0.717, 1.165) is 23.2 Å². The predicted octanol–water partition coefficient (Wildman–Crippen LogP) is 3.68. The van der Waals surface area contributed by atoms with E-state index in [-0.39, 0.29) is 11.9 Å². The van der Waals surface area contributed by atoms with Crippen LogP contribution in [0.5, 0.6) is 0 Å². The van der Waals surface area contributed by atoms with E-state index in [2.05, 4.69) is 5.32 Å². The zero-order valence-corrected chi connectivity index (χ0v) is 15.4. The highest BCUT2D eigenvalue weighted by Gasteiger charge is 2.22. The van der Waals surface area contributed by atoms with Gasteiger partial charge in [0.2, 0.25) is 0 Å². The summed E-state index contributed by atoms with van der Waals surface area (Å²) in [6, 6.07) is 15.3. The number of carbonyl (C=O) groups is 2. The summed E-state index contributed by atoms with van der Waals surface area (Å²) in [6.07, 6.45) is 0.777. The Labute approximate surface area is 154 Å². The maximum absolute atomic E-state index is 12.7. The van der Waals surface area contributed by atoms with Crippen molar-refractivity contribution in [1.29, 1.82) is 0 Å². The average Bonchev–Trinajstić information content (AvgIpc) is 2.89. The zero-order chi connectivity index (χ0) is 18.5. The summed E-state index contributed by atoms with van der Waals surface area (Å²) in [5.74, 6) is 0.0366. The molecule has 0 aliphatic carbocycles. The fourth-order valence-electron chi connectivity index (χ4n) is 3.12. The molecule has 0 atom stereocenters. The zero-order valence-electron chi connectivity index (χ0n) is 15.4. The van der Waals surface area contributed by atoms with Gasteiger partial charge in [-0.3, -0.25) is 4.79 Å². The smallest absolute Gasteiger partial charge is 0.321 e. The van der Waals surface area contributed by atoms with Crippen LogP contribution in [0.4, 0.5) is 10.5 Å². The lowest BCUT2D eigenvalue weighted by atomic mass is 10.1. The Hall–Kier alpha value is -2.82. The summed E-state index contributed by atoms with van der Waals surface area (Å²) < 4.78 is 0. The topological polar surface area (TPSA) is 52.7 Å². The van der Waals surface area contributed by atoms with Crippen molar-refractivity contribution in [3.8, 4) is 0 Å². The minimum Gasteiger partial charge on any atom is -0.337 e. The first-order valence-corrected chi connectivity index (χ1v) is 9.01. The van der Waals surface area contributed by atoms with Crippen molar-refractivity contribution in [2.45, 2.75) is 20.3 Å². The van der Waals surface area contributed by atoms with E-state index in [4.69, 9.17) is 0 Å².